The van der Waals surface area contributed by atoms with Crippen LogP contribution in [0.1, 0.15) is 5.56 Å². The molecule has 1 aromatic carbocycles. The highest BCUT2D eigenvalue weighted by atomic mass is 16.3. The minimum absolute atomic E-state index is 0.00608. The molecular weight excluding hydrogens is 192 g/mol. The van der Waals surface area contributed by atoms with Gasteiger partial charge in [-0.25, -0.2) is 0 Å². The van der Waals surface area contributed by atoms with Crippen LogP contribution in [0.5, 0.6) is 0 Å². The third kappa shape index (κ3) is 2.34. The molecule has 1 amide bonds. The quantitative estimate of drug-likeness (QED) is 0.770. The summed E-state index contributed by atoms with van der Waals surface area (Å²) in [7, 11) is 0. The average Bonchev–Trinajstić information content (AvgIpc) is 2.60. The standard InChI is InChI=1S/C11H14N2O2/c14-9-13-8-12(7-11(13)15)6-10-4-2-1-3-5-10/h1-5,14H,6-9H2. The fourth-order valence-electron chi connectivity index (χ4n) is 1.73. The Hall–Kier alpha value is -1.39. The van der Waals surface area contributed by atoms with Crippen LogP contribution in [0.15, 0.2) is 30.3 Å². The third-order valence-corrected chi connectivity index (χ3v) is 2.50. The molecule has 1 heterocycles. The van der Waals surface area contributed by atoms with Gasteiger partial charge in [-0.3, -0.25) is 9.69 Å². The van der Waals surface area contributed by atoms with Crippen LogP contribution in [0, 0.1) is 0 Å². The summed E-state index contributed by atoms with van der Waals surface area (Å²) in [6, 6.07) is 10.0. The lowest BCUT2D eigenvalue weighted by Crippen LogP contribution is -2.27. The van der Waals surface area contributed by atoms with Crippen LogP contribution in [0.4, 0.5) is 0 Å². The van der Waals surface area contributed by atoms with E-state index in [1.165, 1.54) is 10.5 Å². The van der Waals surface area contributed by atoms with E-state index < -0.39 is 0 Å². The van der Waals surface area contributed by atoms with E-state index in [-0.39, 0.29) is 12.6 Å². The molecule has 0 aliphatic carbocycles. The van der Waals surface area contributed by atoms with Gasteiger partial charge in [0.2, 0.25) is 5.91 Å². The Morgan fingerprint density at radius 2 is 2.00 bits per heavy atom. The molecule has 1 N–H and O–H groups in total. The van der Waals surface area contributed by atoms with Gasteiger partial charge >= 0.3 is 0 Å². The zero-order valence-corrected chi connectivity index (χ0v) is 8.47. The molecule has 1 aromatic rings. The second-order valence-electron chi connectivity index (χ2n) is 3.69. The van der Waals surface area contributed by atoms with Crippen molar-refractivity contribution in [1.82, 2.24) is 9.80 Å². The maximum atomic E-state index is 11.3. The van der Waals surface area contributed by atoms with Gasteiger partial charge in [0.15, 0.2) is 0 Å². The molecule has 0 atom stereocenters. The number of carbonyl (C=O) groups is 1. The molecule has 0 unspecified atom stereocenters. The van der Waals surface area contributed by atoms with E-state index in [0.717, 1.165) is 6.54 Å². The number of nitrogens with zero attached hydrogens (tertiary/aromatic N) is 2. The van der Waals surface area contributed by atoms with Gasteiger partial charge in [0, 0.05) is 6.54 Å². The van der Waals surface area contributed by atoms with E-state index in [2.05, 4.69) is 0 Å². The summed E-state index contributed by atoms with van der Waals surface area (Å²) in [5.41, 5.74) is 1.19. The zero-order chi connectivity index (χ0) is 10.7. The second kappa shape index (κ2) is 4.42. The number of hydrogen-bond acceptors (Lipinski definition) is 3. The van der Waals surface area contributed by atoms with Crippen molar-refractivity contribution in [2.45, 2.75) is 6.54 Å². The lowest BCUT2D eigenvalue weighted by atomic mass is 10.2. The van der Waals surface area contributed by atoms with Crippen molar-refractivity contribution in [3.63, 3.8) is 0 Å². The van der Waals surface area contributed by atoms with Crippen molar-refractivity contribution in [3.05, 3.63) is 35.9 Å². The van der Waals surface area contributed by atoms with Crippen LogP contribution in [0.3, 0.4) is 0 Å². The number of benzene rings is 1. The van der Waals surface area contributed by atoms with E-state index in [0.29, 0.717) is 13.2 Å². The summed E-state index contributed by atoms with van der Waals surface area (Å²) in [5.74, 6) is -0.00608. The molecule has 4 nitrogen and oxygen atoms in total. The van der Waals surface area contributed by atoms with Gasteiger partial charge in [0.05, 0.1) is 13.2 Å². The third-order valence-electron chi connectivity index (χ3n) is 2.50. The SMILES string of the molecule is O=C1CN(Cc2ccccc2)CN1CO. The normalized spacial score (nSPS) is 17.4. The Balaban J connectivity index is 1.95. The Kier molecular flexibility index (Phi) is 2.99. The van der Waals surface area contributed by atoms with Crippen LogP contribution < -0.4 is 0 Å². The van der Waals surface area contributed by atoms with Crippen molar-refractivity contribution < 1.29 is 9.90 Å². The number of aliphatic hydroxyl groups excluding tert-OH is 1. The number of carbonyl (C=O) groups excluding carboxylic acids is 1. The molecule has 1 saturated heterocycles. The van der Waals surface area contributed by atoms with Gasteiger partial charge in [-0.1, -0.05) is 30.3 Å². The van der Waals surface area contributed by atoms with E-state index in [9.17, 15) is 4.79 Å². The predicted octanol–water partition coefficient (Wildman–Crippen LogP) is 0.238. The maximum absolute atomic E-state index is 11.3. The number of hydrogen-bond donors (Lipinski definition) is 1. The topological polar surface area (TPSA) is 43.8 Å². The molecule has 0 radical (unpaired) electrons. The number of aliphatic hydroxyl groups is 1. The molecule has 4 heteroatoms. The van der Waals surface area contributed by atoms with Gasteiger partial charge in [-0.15, -0.1) is 0 Å². The van der Waals surface area contributed by atoms with Gasteiger partial charge in [-0.05, 0) is 5.56 Å². The minimum Gasteiger partial charge on any atom is -0.376 e. The molecule has 15 heavy (non-hydrogen) atoms. The van der Waals surface area contributed by atoms with Crippen molar-refractivity contribution in [2.24, 2.45) is 0 Å². The van der Waals surface area contributed by atoms with Gasteiger partial charge in [-0.2, -0.15) is 0 Å². The first-order chi connectivity index (χ1) is 7.29. The number of rotatable bonds is 3. The summed E-state index contributed by atoms with van der Waals surface area (Å²) in [6.07, 6.45) is 0. The second-order valence-corrected chi connectivity index (χ2v) is 3.69. The van der Waals surface area contributed by atoms with Crippen molar-refractivity contribution in [2.75, 3.05) is 19.9 Å². The van der Waals surface area contributed by atoms with E-state index in [1.807, 2.05) is 35.2 Å². The molecule has 2 rings (SSSR count). The van der Waals surface area contributed by atoms with Gasteiger partial charge in [0.1, 0.15) is 6.73 Å². The first-order valence-corrected chi connectivity index (χ1v) is 4.94. The molecular formula is C11H14N2O2. The Morgan fingerprint density at radius 1 is 1.27 bits per heavy atom. The van der Waals surface area contributed by atoms with E-state index in [1.54, 1.807) is 0 Å². The van der Waals surface area contributed by atoms with Crippen LogP contribution in [-0.4, -0.2) is 40.8 Å². The Morgan fingerprint density at radius 3 is 2.60 bits per heavy atom. The average molecular weight is 206 g/mol. The summed E-state index contributed by atoms with van der Waals surface area (Å²) in [6.45, 7) is 1.48. The van der Waals surface area contributed by atoms with Crippen molar-refractivity contribution in [3.8, 4) is 0 Å². The van der Waals surface area contributed by atoms with Crippen molar-refractivity contribution in [1.29, 1.82) is 0 Å². The summed E-state index contributed by atoms with van der Waals surface area (Å²) < 4.78 is 0. The Labute approximate surface area is 88.7 Å². The highest BCUT2D eigenvalue weighted by molar-refractivity contribution is 5.79. The van der Waals surface area contributed by atoms with Crippen LogP contribution in [0.2, 0.25) is 0 Å². The fourth-order valence-corrected chi connectivity index (χ4v) is 1.73. The lowest BCUT2D eigenvalue weighted by Gasteiger charge is -2.15. The van der Waals surface area contributed by atoms with E-state index >= 15 is 0 Å². The maximum Gasteiger partial charge on any atom is 0.239 e. The predicted molar refractivity (Wildman–Crippen MR) is 55.7 cm³/mol. The monoisotopic (exact) mass is 206 g/mol. The first-order valence-electron chi connectivity index (χ1n) is 4.94. The molecule has 1 fully saturated rings. The van der Waals surface area contributed by atoms with Crippen LogP contribution >= 0.6 is 0 Å². The highest BCUT2D eigenvalue weighted by Crippen LogP contribution is 2.10. The van der Waals surface area contributed by atoms with E-state index in [4.69, 9.17) is 5.11 Å². The van der Waals surface area contributed by atoms with Gasteiger partial charge < -0.3 is 10.0 Å². The largest absolute Gasteiger partial charge is 0.376 e. The summed E-state index contributed by atoms with van der Waals surface area (Å²) >= 11 is 0. The van der Waals surface area contributed by atoms with Gasteiger partial charge in [0.25, 0.3) is 0 Å². The highest BCUT2D eigenvalue weighted by Gasteiger charge is 2.26. The smallest absolute Gasteiger partial charge is 0.239 e. The molecule has 80 valence electrons. The number of amides is 1. The van der Waals surface area contributed by atoms with Crippen LogP contribution in [-0.2, 0) is 11.3 Å². The lowest BCUT2D eigenvalue weighted by molar-refractivity contribution is -0.129. The molecule has 0 bridgehead atoms. The molecule has 1 aliphatic rings. The first kappa shape index (κ1) is 10.1. The molecule has 0 saturated carbocycles. The fraction of sp³-hybridized carbons (Fsp3) is 0.364. The summed E-state index contributed by atoms with van der Waals surface area (Å²) in [5, 5.41) is 8.90. The minimum atomic E-state index is -0.190. The molecule has 1 aliphatic heterocycles. The molecule has 0 aromatic heterocycles. The Bertz CT molecular complexity index is 340. The van der Waals surface area contributed by atoms with Crippen LogP contribution in [0.25, 0.3) is 0 Å². The summed E-state index contributed by atoms with van der Waals surface area (Å²) in [4.78, 5) is 14.8. The molecule has 0 spiro atoms. The van der Waals surface area contributed by atoms with Crippen molar-refractivity contribution >= 4 is 5.91 Å². The zero-order valence-electron chi connectivity index (χ0n) is 8.47.